The SMILES string of the molecule is CCN1CCN(C(=O)C(C)Oc2ccccc2C(C)C)CC1. The number of ether oxygens (including phenoxy) is 1. The van der Waals surface area contributed by atoms with Crippen LogP contribution in [0, 0.1) is 0 Å². The van der Waals surface area contributed by atoms with Gasteiger partial charge in [0.1, 0.15) is 5.75 Å². The number of hydrogen-bond donors (Lipinski definition) is 0. The summed E-state index contributed by atoms with van der Waals surface area (Å²) in [4.78, 5) is 16.9. The van der Waals surface area contributed by atoms with E-state index in [1.807, 2.05) is 30.0 Å². The average molecular weight is 304 g/mol. The van der Waals surface area contributed by atoms with Crippen LogP contribution >= 0.6 is 0 Å². The summed E-state index contributed by atoms with van der Waals surface area (Å²) < 4.78 is 5.97. The second-order valence-electron chi connectivity index (χ2n) is 6.21. The number of benzene rings is 1. The van der Waals surface area contributed by atoms with Gasteiger partial charge in [0.2, 0.25) is 0 Å². The van der Waals surface area contributed by atoms with Gasteiger partial charge in [-0.1, -0.05) is 39.0 Å². The molecule has 0 bridgehead atoms. The van der Waals surface area contributed by atoms with Gasteiger partial charge in [-0.25, -0.2) is 0 Å². The fourth-order valence-electron chi connectivity index (χ4n) is 2.85. The Balaban J connectivity index is 1.97. The molecule has 0 radical (unpaired) electrons. The van der Waals surface area contributed by atoms with Crippen LogP contribution in [0.3, 0.4) is 0 Å². The maximum absolute atomic E-state index is 12.6. The van der Waals surface area contributed by atoms with Crippen LogP contribution in [0.15, 0.2) is 24.3 Å². The van der Waals surface area contributed by atoms with Crippen LogP contribution in [0.25, 0.3) is 0 Å². The summed E-state index contributed by atoms with van der Waals surface area (Å²) in [6.07, 6.45) is -0.437. The zero-order valence-electron chi connectivity index (χ0n) is 14.2. The van der Waals surface area contributed by atoms with Crippen molar-refractivity contribution in [2.45, 2.75) is 39.7 Å². The summed E-state index contributed by atoms with van der Waals surface area (Å²) in [5, 5.41) is 0. The molecule has 122 valence electrons. The number of carbonyl (C=O) groups excluding carboxylic acids is 1. The van der Waals surface area contributed by atoms with Gasteiger partial charge in [-0.15, -0.1) is 0 Å². The molecule has 1 aromatic carbocycles. The summed E-state index contributed by atoms with van der Waals surface area (Å²) in [6.45, 7) is 12.8. The molecule has 0 aromatic heterocycles. The Bertz CT molecular complexity index is 494. The van der Waals surface area contributed by atoms with Gasteiger partial charge < -0.3 is 14.5 Å². The van der Waals surface area contributed by atoms with Crippen LogP contribution in [0.5, 0.6) is 5.75 Å². The van der Waals surface area contributed by atoms with Crippen molar-refractivity contribution in [1.82, 2.24) is 9.80 Å². The van der Waals surface area contributed by atoms with Crippen molar-refractivity contribution < 1.29 is 9.53 Å². The Morgan fingerprint density at radius 1 is 1.14 bits per heavy atom. The molecule has 1 fully saturated rings. The summed E-state index contributed by atoms with van der Waals surface area (Å²) in [5.41, 5.74) is 1.15. The van der Waals surface area contributed by atoms with Crippen LogP contribution in [0.2, 0.25) is 0 Å². The molecular weight excluding hydrogens is 276 g/mol. The zero-order valence-corrected chi connectivity index (χ0v) is 14.2. The van der Waals surface area contributed by atoms with Gasteiger partial charge in [0, 0.05) is 26.2 Å². The molecule has 22 heavy (non-hydrogen) atoms. The predicted molar refractivity (Wildman–Crippen MR) is 89.3 cm³/mol. The van der Waals surface area contributed by atoms with Crippen molar-refractivity contribution >= 4 is 5.91 Å². The summed E-state index contributed by atoms with van der Waals surface area (Å²) in [7, 11) is 0. The molecule has 1 aromatic rings. The van der Waals surface area contributed by atoms with E-state index in [9.17, 15) is 4.79 Å². The fourth-order valence-corrected chi connectivity index (χ4v) is 2.85. The highest BCUT2D eigenvalue weighted by Gasteiger charge is 2.26. The van der Waals surface area contributed by atoms with E-state index in [2.05, 4.69) is 31.7 Å². The Kier molecular flexibility index (Phi) is 5.83. The molecule has 0 spiro atoms. The molecule has 1 aliphatic heterocycles. The van der Waals surface area contributed by atoms with E-state index in [1.54, 1.807) is 0 Å². The van der Waals surface area contributed by atoms with E-state index < -0.39 is 6.10 Å². The van der Waals surface area contributed by atoms with Crippen molar-refractivity contribution in [2.75, 3.05) is 32.7 Å². The molecule has 2 rings (SSSR count). The largest absolute Gasteiger partial charge is 0.481 e. The van der Waals surface area contributed by atoms with Gasteiger partial charge >= 0.3 is 0 Å². The smallest absolute Gasteiger partial charge is 0.263 e. The summed E-state index contributed by atoms with van der Waals surface area (Å²) in [6, 6.07) is 7.99. The zero-order chi connectivity index (χ0) is 16.1. The van der Waals surface area contributed by atoms with Gasteiger partial charge in [-0.3, -0.25) is 4.79 Å². The monoisotopic (exact) mass is 304 g/mol. The van der Waals surface area contributed by atoms with E-state index in [-0.39, 0.29) is 5.91 Å². The summed E-state index contributed by atoms with van der Waals surface area (Å²) in [5.74, 6) is 1.30. The van der Waals surface area contributed by atoms with Crippen LogP contribution in [-0.2, 0) is 4.79 Å². The Morgan fingerprint density at radius 2 is 1.77 bits per heavy atom. The Morgan fingerprint density at radius 3 is 2.36 bits per heavy atom. The lowest BCUT2D eigenvalue weighted by Crippen LogP contribution is -2.51. The molecule has 4 heteroatoms. The Labute approximate surface area is 134 Å². The molecule has 0 aliphatic carbocycles. The van der Waals surface area contributed by atoms with Crippen molar-refractivity contribution in [3.63, 3.8) is 0 Å². The van der Waals surface area contributed by atoms with Crippen molar-refractivity contribution in [1.29, 1.82) is 0 Å². The van der Waals surface area contributed by atoms with E-state index in [0.717, 1.165) is 44.0 Å². The first kappa shape index (κ1) is 16.8. The van der Waals surface area contributed by atoms with Gasteiger partial charge in [0.15, 0.2) is 6.10 Å². The lowest BCUT2D eigenvalue weighted by atomic mass is 10.0. The third-order valence-corrected chi connectivity index (χ3v) is 4.32. The van der Waals surface area contributed by atoms with E-state index in [1.165, 1.54) is 0 Å². The number of carbonyl (C=O) groups is 1. The minimum atomic E-state index is -0.437. The number of hydrogen-bond acceptors (Lipinski definition) is 3. The van der Waals surface area contributed by atoms with Crippen LogP contribution in [0.4, 0.5) is 0 Å². The minimum absolute atomic E-state index is 0.0920. The molecule has 0 saturated carbocycles. The van der Waals surface area contributed by atoms with Gasteiger partial charge in [-0.05, 0) is 31.0 Å². The van der Waals surface area contributed by atoms with Crippen molar-refractivity contribution in [2.24, 2.45) is 0 Å². The maximum atomic E-state index is 12.6. The van der Waals surface area contributed by atoms with E-state index >= 15 is 0 Å². The molecule has 1 saturated heterocycles. The molecule has 0 N–H and O–H groups in total. The molecule has 4 nitrogen and oxygen atoms in total. The van der Waals surface area contributed by atoms with Gasteiger partial charge in [0.25, 0.3) is 5.91 Å². The normalized spacial score (nSPS) is 17.6. The number of para-hydroxylation sites is 1. The second kappa shape index (κ2) is 7.63. The van der Waals surface area contributed by atoms with Crippen LogP contribution in [0.1, 0.15) is 39.2 Å². The maximum Gasteiger partial charge on any atom is 0.263 e. The molecule has 1 atom stereocenters. The standard InChI is InChI=1S/C18H28N2O2/c1-5-19-10-12-20(13-11-19)18(21)15(4)22-17-9-7-6-8-16(17)14(2)3/h6-9,14-15H,5,10-13H2,1-4H3. The molecule has 1 heterocycles. The first-order valence-corrected chi connectivity index (χ1v) is 8.29. The lowest BCUT2D eigenvalue weighted by molar-refractivity contribution is -0.139. The fraction of sp³-hybridized carbons (Fsp3) is 0.611. The molecule has 1 amide bonds. The van der Waals surface area contributed by atoms with Crippen LogP contribution in [-0.4, -0.2) is 54.5 Å². The highest BCUT2D eigenvalue weighted by Crippen LogP contribution is 2.27. The van der Waals surface area contributed by atoms with Crippen LogP contribution < -0.4 is 4.74 Å². The highest BCUT2D eigenvalue weighted by atomic mass is 16.5. The molecule has 1 unspecified atom stereocenters. The first-order chi connectivity index (χ1) is 10.5. The average Bonchev–Trinajstić information content (AvgIpc) is 2.54. The van der Waals surface area contributed by atoms with Gasteiger partial charge in [-0.2, -0.15) is 0 Å². The minimum Gasteiger partial charge on any atom is -0.481 e. The topological polar surface area (TPSA) is 32.8 Å². The number of nitrogens with zero attached hydrogens (tertiary/aromatic N) is 2. The second-order valence-corrected chi connectivity index (χ2v) is 6.21. The lowest BCUT2D eigenvalue weighted by Gasteiger charge is -2.35. The number of piperazine rings is 1. The third-order valence-electron chi connectivity index (χ3n) is 4.32. The Hall–Kier alpha value is -1.55. The number of rotatable bonds is 5. The van der Waals surface area contributed by atoms with Crippen molar-refractivity contribution in [3.05, 3.63) is 29.8 Å². The van der Waals surface area contributed by atoms with E-state index in [4.69, 9.17) is 4.74 Å². The third kappa shape index (κ3) is 4.01. The van der Waals surface area contributed by atoms with E-state index in [0.29, 0.717) is 5.92 Å². The van der Waals surface area contributed by atoms with Crippen molar-refractivity contribution in [3.8, 4) is 5.75 Å². The quantitative estimate of drug-likeness (QED) is 0.838. The highest BCUT2D eigenvalue weighted by molar-refractivity contribution is 5.81. The molecular formula is C18H28N2O2. The first-order valence-electron chi connectivity index (χ1n) is 8.29. The summed E-state index contributed by atoms with van der Waals surface area (Å²) >= 11 is 0. The number of amides is 1. The number of likely N-dealkylation sites (N-methyl/N-ethyl adjacent to an activating group) is 1. The predicted octanol–water partition coefficient (Wildman–Crippen LogP) is 2.74. The molecule has 1 aliphatic rings. The van der Waals surface area contributed by atoms with Gasteiger partial charge in [0.05, 0.1) is 0 Å².